The van der Waals surface area contributed by atoms with Crippen LogP contribution in [0.3, 0.4) is 0 Å². The van der Waals surface area contributed by atoms with E-state index in [1.54, 1.807) is 20.0 Å². The van der Waals surface area contributed by atoms with E-state index in [0.29, 0.717) is 6.42 Å². The van der Waals surface area contributed by atoms with Crippen LogP contribution in [-0.4, -0.2) is 69.0 Å². The van der Waals surface area contributed by atoms with Crippen LogP contribution >= 0.6 is 0 Å². The first-order valence-electron chi connectivity index (χ1n) is 11.6. The molecule has 5 unspecified atom stereocenters. The minimum absolute atomic E-state index is 0.141. The monoisotopic (exact) mass is 503 g/mol. The fourth-order valence-electron chi connectivity index (χ4n) is 3.61. The smallest absolute Gasteiger partial charge is 0.325 e. The normalized spacial score (nSPS) is 15.2. The first-order chi connectivity index (χ1) is 16.9. The Bertz CT molecular complexity index is 1120. The van der Waals surface area contributed by atoms with Crippen molar-refractivity contribution >= 4 is 40.6 Å². The van der Waals surface area contributed by atoms with Crippen molar-refractivity contribution in [2.45, 2.75) is 64.2 Å². The number of benzene rings is 1. The molecular weight excluding hydrogens is 470 g/mol. The van der Waals surface area contributed by atoms with Gasteiger partial charge in [-0.3, -0.25) is 24.0 Å². The predicted molar refractivity (Wildman–Crippen MR) is 131 cm³/mol. The number of fused-ring (bicyclic) bond motifs is 1. The molecule has 0 aliphatic rings. The fourth-order valence-corrected chi connectivity index (χ4v) is 3.61. The lowest BCUT2D eigenvalue weighted by atomic mass is 9.97. The summed E-state index contributed by atoms with van der Waals surface area (Å²) >= 11 is 0. The van der Waals surface area contributed by atoms with E-state index in [0.717, 1.165) is 16.5 Å². The number of nitrogens with two attached hydrogens (primary N) is 1. The Morgan fingerprint density at radius 3 is 2.25 bits per heavy atom. The lowest BCUT2D eigenvalue weighted by Crippen LogP contribution is -2.58. The van der Waals surface area contributed by atoms with Gasteiger partial charge in [0, 0.05) is 17.1 Å². The van der Waals surface area contributed by atoms with Crippen LogP contribution in [0.1, 0.15) is 39.2 Å². The average molecular weight is 504 g/mol. The molecule has 12 heteroatoms. The molecule has 8 N–H and O–H groups in total. The molecule has 1 heterocycles. The van der Waals surface area contributed by atoms with Gasteiger partial charge in [-0.15, -0.1) is 0 Å². The number of para-hydroxylation sites is 1. The third-order valence-corrected chi connectivity index (χ3v) is 5.99. The van der Waals surface area contributed by atoms with E-state index in [4.69, 9.17) is 10.8 Å². The van der Waals surface area contributed by atoms with Crippen molar-refractivity contribution in [3.63, 3.8) is 0 Å². The summed E-state index contributed by atoms with van der Waals surface area (Å²) in [5.74, 6) is -5.36. The molecule has 0 radical (unpaired) electrons. The van der Waals surface area contributed by atoms with E-state index in [1.165, 1.54) is 6.92 Å². The van der Waals surface area contributed by atoms with E-state index in [-0.39, 0.29) is 6.42 Å². The molecular formula is C24H33N5O7. The molecule has 2 aromatic rings. The molecule has 1 aromatic heterocycles. The highest BCUT2D eigenvalue weighted by molar-refractivity contribution is 5.96. The van der Waals surface area contributed by atoms with Crippen LogP contribution in [0.15, 0.2) is 30.5 Å². The summed E-state index contributed by atoms with van der Waals surface area (Å²) in [4.78, 5) is 63.9. The summed E-state index contributed by atoms with van der Waals surface area (Å²) in [6.07, 6.45) is 1.60. The Morgan fingerprint density at radius 2 is 1.64 bits per heavy atom. The standard InChI is InChI=1S/C24H33N5O7/c1-4-12(2)20(23(34)27-13(3)24(35)36)29-22(33)18(10-19(30)31)28-21(32)16(25)9-14-11-26-17-8-6-5-7-15(14)17/h5-8,11-13,16,18,20,26H,4,9-10,25H2,1-3H3,(H,27,34)(H,28,32)(H,29,33)(H,30,31)(H,35,36). The van der Waals surface area contributed by atoms with E-state index < -0.39 is 66.2 Å². The second-order valence-electron chi connectivity index (χ2n) is 8.77. The number of aliphatic carboxylic acids is 2. The lowest BCUT2D eigenvalue weighted by Gasteiger charge is -2.27. The quantitative estimate of drug-likeness (QED) is 0.199. The Labute approximate surface area is 208 Å². The van der Waals surface area contributed by atoms with Gasteiger partial charge in [0.1, 0.15) is 18.1 Å². The number of aromatic amines is 1. The molecule has 0 saturated heterocycles. The molecule has 3 amide bonds. The second kappa shape index (κ2) is 12.7. The van der Waals surface area contributed by atoms with Crippen molar-refractivity contribution in [1.82, 2.24) is 20.9 Å². The zero-order chi connectivity index (χ0) is 27.0. The summed E-state index contributed by atoms with van der Waals surface area (Å²) in [5.41, 5.74) is 7.71. The molecule has 12 nitrogen and oxygen atoms in total. The molecule has 0 saturated carbocycles. The second-order valence-corrected chi connectivity index (χ2v) is 8.77. The van der Waals surface area contributed by atoms with Gasteiger partial charge in [-0.25, -0.2) is 0 Å². The van der Waals surface area contributed by atoms with E-state index in [9.17, 15) is 29.1 Å². The molecule has 0 spiro atoms. The summed E-state index contributed by atoms with van der Waals surface area (Å²) in [5, 5.41) is 26.4. The molecule has 0 aliphatic carbocycles. The Kier molecular flexibility index (Phi) is 9.97. The van der Waals surface area contributed by atoms with Gasteiger partial charge in [-0.1, -0.05) is 38.5 Å². The number of rotatable bonds is 13. The Morgan fingerprint density at radius 1 is 0.972 bits per heavy atom. The van der Waals surface area contributed by atoms with E-state index in [2.05, 4.69) is 20.9 Å². The van der Waals surface area contributed by atoms with Gasteiger partial charge in [0.25, 0.3) is 0 Å². The molecule has 5 atom stereocenters. The Hall–Kier alpha value is -3.93. The van der Waals surface area contributed by atoms with Gasteiger partial charge >= 0.3 is 11.9 Å². The highest BCUT2D eigenvalue weighted by atomic mass is 16.4. The van der Waals surface area contributed by atoms with Gasteiger partial charge in [-0.2, -0.15) is 0 Å². The molecule has 0 aliphatic heterocycles. The van der Waals surface area contributed by atoms with Gasteiger partial charge < -0.3 is 36.9 Å². The van der Waals surface area contributed by atoms with Crippen LogP contribution in [0.25, 0.3) is 10.9 Å². The number of carbonyl (C=O) groups excluding carboxylic acids is 3. The number of carboxylic acid groups (broad SMARTS) is 2. The number of nitrogens with one attached hydrogen (secondary N) is 4. The third-order valence-electron chi connectivity index (χ3n) is 5.99. The van der Waals surface area contributed by atoms with Crippen LogP contribution in [0, 0.1) is 5.92 Å². The fraction of sp³-hybridized carbons (Fsp3) is 0.458. The maximum Gasteiger partial charge on any atom is 0.325 e. The number of carboxylic acids is 2. The molecule has 0 fully saturated rings. The first-order valence-corrected chi connectivity index (χ1v) is 11.6. The number of hydrogen-bond donors (Lipinski definition) is 7. The number of H-pyrrole nitrogens is 1. The van der Waals surface area contributed by atoms with Gasteiger partial charge in [0.15, 0.2) is 0 Å². The van der Waals surface area contributed by atoms with Gasteiger partial charge in [0.2, 0.25) is 17.7 Å². The first kappa shape index (κ1) is 28.3. The number of aromatic nitrogens is 1. The minimum atomic E-state index is -1.50. The average Bonchev–Trinajstić information content (AvgIpc) is 3.23. The molecule has 196 valence electrons. The van der Waals surface area contributed by atoms with Gasteiger partial charge in [-0.05, 0) is 30.9 Å². The summed E-state index contributed by atoms with van der Waals surface area (Å²) in [6.45, 7) is 4.73. The number of carbonyl (C=O) groups is 5. The molecule has 1 aromatic carbocycles. The van der Waals surface area contributed by atoms with Crippen LogP contribution in [0.4, 0.5) is 0 Å². The lowest BCUT2D eigenvalue weighted by molar-refractivity contribution is -0.143. The summed E-state index contributed by atoms with van der Waals surface area (Å²) < 4.78 is 0. The van der Waals surface area contributed by atoms with Gasteiger partial charge in [0.05, 0.1) is 12.5 Å². The van der Waals surface area contributed by atoms with E-state index >= 15 is 0 Å². The van der Waals surface area contributed by atoms with Crippen molar-refractivity contribution in [2.75, 3.05) is 0 Å². The van der Waals surface area contributed by atoms with Crippen molar-refractivity contribution in [3.05, 3.63) is 36.0 Å². The third kappa shape index (κ3) is 7.54. The largest absolute Gasteiger partial charge is 0.481 e. The summed E-state index contributed by atoms with van der Waals surface area (Å²) in [6, 6.07) is 2.55. The van der Waals surface area contributed by atoms with Crippen molar-refractivity contribution in [3.8, 4) is 0 Å². The van der Waals surface area contributed by atoms with Crippen molar-refractivity contribution < 1.29 is 34.2 Å². The highest BCUT2D eigenvalue weighted by Gasteiger charge is 2.33. The Balaban J connectivity index is 2.13. The van der Waals surface area contributed by atoms with Crippen molar-refractivity contribution in [1.29, 1.82) is 0 Å². The minimum Gasteiger partial charge on any atom is -0.481 e. The summed E-state index contributed by atoms with van der Waals surface area (Å²) in [7, 11) is 0. The highest BCUT2D eigenvalue weighted by Crippen LogP contribution is 2.19. The van der Waals surface area contributed by atoms with E-state index in [1.807, 2.05) is 24.3 Å². The zero-order valence-electron chi connectivity index (χ0n) is 20.4. The van der Waals surface area contributed by atoms with Crippen LogP contribution in [-0.2, 0) is 30.4 Å². The van der Waals surface area contributed by atoms with Crippen LogP contribution < -0.4 is 21.7 Å². The van der Waals surface area contributed by atoms with Crippen LogP contribution in [0.2, 0.25) is 0 Å². The van der Waals surface area contributed by atoms with Crippen molar-refractivity contribution in [2.24, 2.45) is 11.7 Å². The molecule has 0 bridgehead atoms. The zero-order valence-corrected chi connectivity index (χ0v) is 20.4. The number of amides is 3. The maximum absolute atomic E-state index is 13.0. The molecule has 2 rings (SSSR count). The predicted octanol–water partition coefficient (Wildman–Crippen LogP) is 0.117. The van der Waals surface area contributed by atoms with Crippen LogP contribution in [0.5, 0.6) is 0 Å². The maximum atomic E-state index is 13.0. The SMILES string of the molecule is CCC(C)C(NC(=O)C(CC(=O)O)NC(=O)C(N)Cc1c[nH]c2ccccc12)C(=O)NC(C)C(=O)O. The number of hydrogen-bond acceptors (Lipinski definition) is 6. The molecule has 36 heavy (non-hydrogen) atoms. The topological polar surface area (TPSA) is 204 Å².